The highest BCUT2D eigenvalue weighted by Crippen LogP contribution is 2.42. The first-order valence-corrected chi connectivity index (χ1v) is 12.3. The van der Waals surface area contributed by atoms with Crippen molar-refractivity contribution >= 4 is 11.8 Å². The maximum Gasteiger partial charge on any atom is 0.234 e. The van der Waals surface area contributed by atoms with Crippen LogP contribution in [0.5, 0.6) is 0 Å². The molecule has 2 saturated heterocycles. The molecule has 0 radical (unpaired) electrons. The van der Waals surface area contributed by atoms with Crippen LogP contribution < -0.4 is 5.32 Å². The van der Waals surface area contributed by atoms with E-state index in [4.69, 9.17) is 0 Å². The topological polar surface area (TPSA) is 65.5 Å². The van der Waals surface area contributed by atoms with Crippen LogP contribution in [0.25, 0.3) is 0 Å². The van der Waals surface area contributed by atoms with E-state index in [1.54, 1.807) is 6.20 Å². The van der Waals surface area contributed by atoms with Gasteiger partial charge < -0.3 is 10.2 Å². The summed E-state index contributed by atoms with van der Waals surface area (Å²) >= 11 is 0. The van der Waals surface area contributed by atoms with Gasteiger partial charge in [-0.2, -0.15) is 0 Å². The Balaban J connectivity index is 1.30. The number of aromatic nitrogens is 1. The van der Waals surface area contributed by atoms with Crippen molar-refractivity contribution in [3.05, 3.63) is 66.0 Å². The lowest BCUT2D eigenvalue weighted by atomic mass is 9.69. The number of hydrogen-bond acceptors (Lipinski definition) is 4. The van der Waals surface area contributed by atoms with Crippen LogP contribution in [0.15, 0.2) is 54.7 Å². The average Bonchev–Trinajstić information content (AvgIpc) is 2.99. The number of amides is 2. The van der Waals surface area contributed by atoms with E-state index in [1.165, 1.54) is 5.56 Å². The lowest BCUT2D eigenvalue weighted by Crippen LogP contribution is -2.49. The zero-order valence-electron chi connectivity index (χ0n) is 19.7. The number of likely N-dealkylation sites (tertiary alicyclic amines) is 2. The van der Waals surface area contributed by atoms with Crippen molar-refractivity contribution in [2.24, 2.45) is 11.3 Å². The summed E-state index contributed by atoms with van der Waals surface area (Å²) in [6.45, 7) is 6.33. The van der Waals surface area contributed by atoms with Crippen LogP contribution in [0.2, 0.25) is 0 Å². The van der Waals surface area contributed by atoms with Gasteiger partial charge in [0.15, 0.2) is 0 Å². The van der Waals surface area contributed by atoms with Gasteiger partial charge in [-0.25, -0.2) is 0 Å². The summed E-state index contributed by atoms with van der Waals surface area (Å²) in [4.78, 5) is 34.6. The molecule has 1 aromatic carbocycles. The number of carbonyl (C=O) groups excluding carboxylic acids is 2. The predicted molar refractivity (Wildman–Crippen MR) is 129 cm³/mol. The molecule has 33 heavy (non-hydrogen) atoms. The highest BCUT2D eigenvalue weighted by atomic mass is 16.2. The van der Waals surface area contributed by atoms with Gasteiger partial charge in [0, 0.05) is 24.7 Å². The van der Waals surface area contributed by atoms with Crippen molar-refractivity contribution in [1.82, 2.24) is 20.1 Å². The van der Waals surface area contributed by atoms with E-state index in [0.717, 1.165) is 57.4 Å². The van der Waals surface area contributed by atoms with Crippen LogP contribution in [-0.4, -0.2) is 52.8 Å². The largest absolute Gasteiger partial charge is 0.349 e. The van der Waals surface area contributed by atoms with Crippen molar-refractivity contribution in [3.8, 4) is 0 Å². The lowest BCUT2D eigenvalue weighted by molar-refractivity contribution is -0.146. The van der Waals surface area contributed by atoms with Gasteiger partial charge >= 0.3 is 0 Å². The smallest absolute Gasteiger partial charge is 0.234 e. The molecule has 1 aromatic heterocycles. The first-order valence-electron chi connectivity index (χ1n) is 12.3. The van der Waals surface area contributed by atoms with Crippen LogP contribution in [-0.2, 0) is 22.7 Å². The monoisotopic (exact) mass is 448 g/mol. The van der Waals surface area contributed by atoms with Crippen molar-refractivity contribution in [2.75, 3.05) is 26.2 Å². The second-order valence-electron chi connectivity index (χ2n) is 9.74. The van der Waals surface area contributed by atoms with Crippen LogP contribution in [0.1, 0.15) is 50.3 Å². The van der Waals surface area contributed by atoms with Gasteiger partial charge in [0.2, 0.25) is 11.8 Å². The van der Waals surface area contributed by atoms with Crippen molar-refractivity contribution in [1.29, 1.82) is 0 Å². The summed E-state index contributed by atoms with van der Waals surface area (Å²) in [7, 11) is 0. The van der Waals surface area contributed by atoms with Gasteiger partial charge in [0.05, 0.1) is 18.8 Å². The van der Waals surface area contributed by atoms with E-state index in [9.17, 15) is 9.59 Å². The lowest BCUT2D eigenvalue weighted by Gasteiger charge is -2.42. The SMILES string of the molecule is C[C@@]1(C2CCN(CC(=O)NCc3ccccn3)CC2)CCCCN(Cc2ccccc2)C1=O. The van der Waals surface area contributed by atoms with Crippen LogP contribution >= 0.6 is 0 Å². The number of pyridine rings is 1. The molecule has 6 heteroatoms. The fourth-order valence-corrected chi connectivity index (χ4v) is 5.38. The number of nitrogens with one attached hydrogen (secondary N) is 1. The molecule has 0 spiro atoms. The first-order chi connectivity index (χ1) is 16.0. The summed E-state index contributed by atoms with van der Waals surface area (Å²) in [5.41, 5.74) is 1.75. The zero-order valence-corrected chi connectivity index (χ0v) is 19.7. The van der Waals surface area contributed by atoms with Crippen molar-refractivity contribution in [2.45, 2.75) is 52.1 Å². The van der Waals surface area contributed by atoms with E-state index in [1.807, 2.05) is 36.4 Å². The van der Waals surface area contributed by atoms with Gasteiger partial charge in [-0.3, -0.25) is 19.5 Å². The Bertz CT molecular complexity index is 912. The van der Waals surface area contributed by atoms with Gasteiger partial charge in [-0.1, -0.05) is 49.7 Å². The summed E-state index contributed by atoms with van der Waals surface area (Å²) in [5, 5.41) is 2.97. The Morgan fingerprint density at radius 1 is 1.06 bits per heavy atom. The number of rotatable bonds is 7. The molecule has 2 aliphatic heterocycles. The Morgan fingerprint density at radius 2 is 1.82 bits per heavy atom. The van der Waals surface area contributed by atoms with Gasteiger partial charge in [-0.15, -0.1) is 0 Å². The second kappa shape index (κ2) is 10.9. The van der Waals surface area contributed by atoms with E-state index in [0.29, 0.717) is 31.5 Å². The Morgan fingerprint density at radius 3 is 2.55 bits per heavy atom. The molecule has 2 aliphatic rings. The predicted octanol–water partition coefficient (Wildman–Crippen LogP) is 3.63. The third kappa shape index (κ3) is 5.99. The van der Waals surface area contributed by atoms with Gasteiger partial charge in [0.25, 0.3) is 0 Å². The Hall–Kier alpha value is -2.73. The van der Waals surface area contributed by atoms with Crippen molar-refractivity contribution < 1.29 is 9.59 Å². The normalized spacial score (nSPS) is 22.7. The summed E-state index contributed by atoms with van der Waals surface area (Å²) in [6, 6.07) is 16.0. The molecule has 6 nitrogen and oxygen atoms in total. The molecule has 1 N–H and O–H groups in total. The molecule has 1 atom stereocenters. The van der Waals surface area contributed by atoms with Crippen LogP contribution in [0, 0.1) is 11.3 Å². The average molecular weight is 449 g/mol. The van der Waals surface area contributed by atoms with Gasteiger partial charge in [0.1, 0.15) is 0 Å². The van der Waals surface area contributed by atoms with E-state index in [-0.39, 0.29) is 11.3 Å². The molecule has 4 rings (SSSR count). The number of benzene rings is 1. The van der Waals surface area contributed by atoms with E-state index < -0.39 is 0 Å². The van der Waals surface area contributed by atoms with Crippen molar-refractivity contribution in [3.63, 3.8) is 0 Å². The minimum atomic E-state index is -0.307. The maximum atomic E-state index is 13.7. The van der Waals surface area contributed by atoms with Gasteiger partial charge in [-0.05, 0) is 62.4 Å². The molecule has 3 heterocycles. The zero-order chi connectivity index (χ0) is 23.1. The highest BCUT2D eigenvalue weighted by molar-refractivity contribution is 5.83. The molecular weight excluding hydrogens is 412 g/mol. The first kappa shape index (κ1) is 23.4. The summed E-state index contributed by atoms with van der Waals surface area (Å²) < 4.78 is 0. The minimum Gasteiger partial charge on any atom is -0.349 e. The molecule has 2 aromatic rings. The number of carbonyl (C=O) groups is 2. The molecule has 0 saturated carbocycles. The molecule has 2 amide bonds. The Labute approximate surface area is 197 Å². The molecule has 0 aliphatic carbocycles. The molecule has 2 fully saturated rings. The summed E-state index contributed by atoms with van der Waals surface area (Å²) in [6.07, 6.45) is 6.81. The van der Waals surface area contributed by atoms with E-state index in [2.05, 4.69) is 39.2 Å². The number of nitrogens with zero attached hydrogens (tertiary/aromatic N) is 3. The molecule has 0 bridgehead atoms. The number of piperidine rings is 1. The molecule has 176 valence electrons. The molecule has 0 unspecified atom stereocenters. The summed E-state index contributed by atoms with van der Waals surface area (Å²) in [5.74, 6) is 0.717. The fraction of sp³-hybridized carbons (Fsp3) is 0.519. The number of hydrogen-bond donors (Lipinski definition) is 1. The highest BCUT2D eigenvalue weighted by Gasteiger charge is 2.45. The minimum absolute atomic E-state index is 0.0323. The maximum absolute atomic E-state index is 13.7. The molecular formula is C27H36N4O2. The third-order valence-corrected chi connectivity index (χ3v) is 7.41. The van der Waals surface area contributed by atoms with Crippen LogP contribution in [0.3, 0.4) is 0 Å². The quantitative estimate of drug-likeness (QED) is 0.703. The third-order valence-electron chi connectivity index (χ3n) is 7.41. The standard InChI is InChI=1S/C27H36N4O2/c1-27(14-6-8-16-31(26(27)33)20-22-9-3-2-4-10-22)23-12-17-30(18-13-23)21-25(32)29-19-24-11-5-7-15-28-24/h2-5,7,9-11,15,23H,6,8,12-14,16-21H2,1H3,(H,29,32)/t27-/m0/s1. The fourth-order valence-electron chi connectivity index (χ4n) is 5.38. The Kier molecular flexibility index (Phi) is 7.76. The van der Waals surface area contributed by atoms with E-state index >= 15 is 0 Å². The second-order valence-corrected chi connectivity index (χ2v) is 9.74. The van der Waals surface area contributed by atoms with Crippen LogP contribution in [0.4, 0.5) is 0 Å².